The van der Waals surface area contributed by atoms with Crippen molar-refractivity contribution in [3.63, 3.8) is 0 Å². The number of thioether (sulfide) groups is 1. The van der Waals surface area contributed by atoms with Gasteiger partial charge in [0.15, 0.2) is 0 Å². The van der Waals surface area contributed by atoms with Crippen LogP contribution in [0, 0.1) is 0 Å². The molecule has 0 radical (unpaired) electrons. The Balaban J connectivity index is 2.67. The van der Waals surface area contributed by atoms with Crippen molar-refractivity contribution in [2.75, 3.05) is 19.9 Å². The zero-order valence-corrected chi connectivity index (χ0v) is 9.67. The molecular formula is C9H13NO4S. The van der Waals surface area contributed by atoms with Crippen molar-refractivity contribution in [3.05, 3.63) is 11.0 Å². The molecule has 0 N–H and O–H groups in total. The third-order valence-corrected chi connectivity index (χ3v) is 2.80. The molecule has 1 aliphatic heterocycles. The fraction of sp³-hybridized carbons (Fsp3) is 0.556. The van der Waals surface area contributed by atoms with Crippen molar-refractivity contribution in [2.45, 2.75) is 13.2 Å². The predicted molar refractivity (Wildman–Crippen MR) is 56.3 cm³/mol. The van der Waals surface area contributed by atoms with Crippen LogP contribution in [0.25, 0.3) is 0 Å². The molecule has 1 unspecified atom stereocenters. The maximum atomic E-state index is 11.6. The second kappa shape index (κ2) is 5.06. The van der Waals surface area contributed by atoms with Crippen LogP contribution in [0.3, 0.4) is 0 Å². The van der Waals surface area contributed by atoms with Crippen LogP contribution in [0.15, 0.2) is 11.0 Å². The van der Waals surface area contributed by atoms with Crippen LogP contribution in [-0.4, -0.2) is 43.1 Å². The lowest BCUT2D eigenvalue weighted by Crippen LogP contribution is -2.33. The Morgan fingerprint density at radius 2 is 2.33 bits per heavy atom. The summed E-state index contributed by atoms with van der Waals surface area (Å²) in [5, 5.41) is 0. The Kier molecular flexibility index (Phi) is 4.02. The van der Waals surface area contributed by atoms with E-state index >= 15 is 0 Å². The first-order chi connectivity index (χ1) is 7.10. The highest BCUT2D eigenvalue weighted by atomic mass is 32.2. The van der Waals surface area contributed by atoms with Crippen LogP contribution in [0.5, 0.6) is 0 Å². The number of hydrogen-bond acceptors (Lipinski definition) is 5. The van der Waals surface area contributed by atoms with E-state index < -0.39 is 12.4 Å². The van der Waals surface area contributed by atoms with Crippen LogP contribution in [0.4, 0.5) is 4.79 Å². The zero-order chi connectivity index (χ0) is 11.4. The molecule has 0 bridgehead atoms. The third kappa shape index (κ3) is 2.65. The second-order valence-electron chi connectivity index (χ2n) is 2.84. The van der Waals surface area contributed by atoms with Crippen molar-refractivity contribution in [1.82, 2.24) is 4.90 Å². The van der Waals surface area contributed by atoms with Crippen molar-refractivity contribution in [2.24, 2.45) is 0 Å². The molecule has 0 fully saturated rings. The Bertz CT molecular complexity index is 302. The monoisotopic (exact) mass is 231 g/mol. The molecule has 0 saturated heterocycles. The molecule has 0 aromatic carbocycles. The number of amides is 1. The first kappa shape index (κ1) is 11.9. The van der Waals surface area contributed by atoms with Crippen LogP contribution in [-0.2, 0) is 14.3 Å². The van der Waals surface area contributed by atoms with Gasteiger partial charge >= 0.3 is 6.16 Å². The number of rotatable bonds is 3. The molecule has 1 heterocycles. The lowest BCUT2D eigenvalue weighted by Gasteiger charge is -2.18. The average molecular weight is 231 g/mol. The standard InChI is InChI=1S/C9H13NO4S/c1-4-15-6-5-7(10(2)8(6)11)14-9(12)13-3/h5,7H,4H2,1-3H3. The van der Waals surface area contributed by atoms with E-state index in [2.05, 4.69) is 4.74 Å². The van der Waals surface area contributed by atoms with Gasteiger partial charge in [-0.15, -0.1) is 11.8 Å². The van der Waals surface area contributed by atoms with Gasteiger partial charge in [-0.25, -0.2) is 4.79 Å². The van der Waals surface area contributed by atoms with Crippen molar-refractivity contribution in [3.8, 4) is 0 Å². The third-order valence-electron chi connectivity index (χ3n) is 1.89. The predicted octanol–water partition coefficient (Wildman–Crippen LogP) is 1.20. The molecule has 1 atom stereocenters. The minimum atomic E-state index is -0.793. The highest BCUT2D eigenvalue weighted by Crippen LogP contribution is 2.26. The van der Waals surface area contributed by atoms with Crippen LogP contribution < -0.4 is 0 Å². The summed E-state index contributed by atoms with van der Waals surface area (Å²) in [5.41, 5.74) is 0. The van der Waals surface area contributed by atoms with Crippen molar-refractivity contribution in [1.29, 1.82) is 0 Å². The fourth-order valence-electron chi connectivity index (χ4n) is 1.13. The molecule has 5 nitrogen and oxygen atoms in total. The molecular weight excluding hydrogens is 218 g/mol. The molecule has 15 heavy (non-hydrogen) atoms. The molecule has 1 amide bonds. The molecule has 0 spiro atoms. The summed E-state index contributed by atoms with van der Waals surface area (Å²) in [6.45, 7) is 1.95. The van der Waals surface area contributed by atoms with Gasteiger partial charge in [-0.05, 0) is 11.8 Å². The number of ether oxygens (including phenoxy) is 2. The summed E-state index contributed by atoms with van der Waals surface area (Å²) >= 11 is 1.43. The van der Waals surface area contributed by atoms with E-state index in [4.69, 9.17) is 4.74 Å². The van der Waals surface area contributed by atoms with E-state index in [0.717, 1.165) is 5.75 Å². The minimum absolute atomic E-state index is 0.129. The molecule has 1 rings (SSSR count). The van der Waals surface area contributed by atoms with Crippen LogP contribution >= 0.6 is 11.8 Å². The minimum Gasteiger partial charge on any atom is -0.438 e. The lowest BCUT2D eigenvalue weighted by atomic mass is 10.5. The Labute approximate surface area is 92.4 Å². The van der Waals surface area contributed by atoms with Gasteiger partial charge in [0.2, 0.25) is 6.23 Å². The Hall–Kier alpha value is -1.17. The van der Waals surface area contributed by atoms with Gasteiger partial charge < -0.3 is 14.4 Å². The van der Waals surface area contributed by atoms with Crippen molar-refractivity contribution >= 4 is 23.8 Å². The SMILES string of the molecule is CCSC1=CC(OC(=O)OC)N(C)C1=O. The summed E-state index contributed by atoms with van der Waals surface area (Å²) in [7, 11) is 2.81. The van der Waals surface area contributed by atoms with Gasteiger partial charge in [0.1, 0.15) is 0 Å². The zero-order valence-electron chi connectivity index (χ0n) is 8.85. The molecule has 1 aliphatic rings. The average Bonchev–Trinajstić information content (AvgIpc) is 2.47. The fourth-order valence-corrected chi connectivity index (χ4v) is 1.92. The molecule has 0 aromatic heterocycles. The summed E-state index contributed by atoms with van der Waals surface area (Å²) in [6.07, 6.45) is 0.172. The summed E-state index contributed by atoms with van der Waals surface area (Å²) < 4.78 is 9.23. The molecule has 0 aliphatic carbocycles. The first-order valence-corrected chi connectivity index (χ1v) is 5.45. The van der Waals surface area contributed by atoms with E-state index in [1.807, 2.05) is 6.92 Å². The van der Waals surface area contributed by atoms with Gasteiger partial charge in [0, 0.05) is 7.05 Å². The maximum Gasteiger partial charge on any atom is 0.510 e. The first-order valence-electron chi connectivity index (χ1n) is 4.46. The van der Waals surface area contributed by atoms with E-state index in [-0.39, 0.29) is 5.91 Å². The van der Waals surface area contributed by atoms with Crippen LogP contribution in [0.2, 0.25) is 0 Å². The van der Waals surface area contributed by atoms with E-state index in [1.165, 1.54) is 23.8 Å². The van der Waals surface area contributed by atoms with Gasteiger partial charge in [-0.2, -0.15) is 0 Å². The summed E-state index contributed by atoms with van der Waals surface area (Å²) in [5.74, 6) is 0.673. The maximum absolute atomic E-state index is 11.6. The smallest absolute Gasteiger partial charge is 0.438 e. The quantitative estimate of drug-likeness (QED) is 0.683. The summed E-state index contributed by atoms with van der Waals surface area (Å²) in [4.78, 5) is 24.4. The highest BCUT2D eigenvalue weighted by molar-refractivity contribution is 8.03. The molecule has 84 valence electrons. The molecule has 0 aromatic rings. The van der Waals surface area contributed by atoms with Gasteiger partial charge in [0.05, 0.1) is 12.0 Å². The van der Waals surface area contributed by atoms with Crippen molar-refractivity contribution < 1.29 is 19.1 Å². The van der Waals surface area contributed by atoms with Crippen LogP contribution in [0.1, 0.15) is 6.92 Å². The summed E-state index contributed by atoms with van der Waals surface area (Å²) in [6, 6.07) is 0. The number of hydrogen-bond donors (Lipinski definition) is 0. The largest absolute Gasteiger partial charge is 0.510 e. The molecule has 6 heteroatoms. The number of methoxy groups -OCH3 is 1. The highest BCUT2D eigenvalue weighted by Gasteiger charge is 2.32. The number of carbonyl (C=O) groups is 2. The number of carbonyl (C=O) groups excluding carboxylic acids is 2. The van der Waals surface area contributed by atoms with E-state index in [0.29, 0.717) is 4.91 Å². The topological polar surface area (TPSA) is 55.8 Å². The van der Waals surface area contributed by atoms with E-state index in [9.17, 15) is 9.59 Å². The van der Waals surface area contributed by atoms with E-state index in [1.54, 1.807) is 13.1 Å². The Morgan fingerprint density at radius 1 is 1.67 bits per heavy atom. The van der Waals surface area contributed by atoms with Gasteiger partial charge in [-0.1, -0.05) is 6.92 Å². The second-order valence-corrected chi connectivity index (χ2v) is 4.15. The number of likely N-dealkylation sites (N-methyl/N-ethyl adjacent to an activating group) is 1. The number of nitrogens with zero attached hydrogens (tertiary/aromatic N) is 1. The Morgan fingerprint density at radius 3 is 2.87 bits per heavy atom. The van der Waals surface area contributed by atoms with Gasteiger partial charge in [0.25, 0.3) is 5.91 Å². The lowest BCUT2D eigenvalue weighted by molar-refractivity contribution is -0.129. The van der Waals surface area contributed by atoms with Gasteiger partial charge in [-0.3, -0.25) is 4.79 Å². The molecule has 0 saturated carbocycles. The normalized spacial score (nSPS) is 20.2.